The van der Waals surface area contributed by atoms with Gasteiger partial charge < -0.3 is 9.73 Å². The van der Waals surface area contributed by atoms with Crippen molar-refractivity contribution in [2.75, 3.05) is 11.9 Å². The molecule has 3 rings (SSSR count). The third-order valence-electron chi connectivity index (χ3n) is 2.76. The molecular weight excluding hydrogens is 324 g/mol. The van der Waals surface area contributed by atoms with Gasteiger partial charge in [-0.2, -0.15) is 0 Å². The lowest BCUT2D eigenvalue weighted by molar-refractivity contribution is 0.629. The van der Waals surface area contributed by atoms with Crippen molar-refractivity contribution in [2.24, 2.45) is 0 Å². The number of thiazole rings is 1. The van der Waals surface area contributed by atoms with E-state index in [0.717, 1.165) is 45.0 Å². The Labute approximate surface area is 123 Å². The van der Waals surface area contributed by atoms with E-state index in [0.29, 0.717) is 0 Å². The van der Waals surface area contributed by atoms with Gasteiger partial charge in [-0.15, -0.1) is 11.3 Å². The predicted octanol–water partition coefficient (Wildman–Crippen LogP) is 5.14. The van der Waals surface area contributed by atoms with Gasteiger partial charge in [-0.1, -0.05) is 22.9 Å². The summed E-state index contributed by atoms with van der Waals surface area (Å²) in [6.45, 7) is 3.08. The highest BCUT2D eigenvalue weighted by molar-refractivity contribution is 9.10. The van der Waals surface area contributed by atoms with Gasteiger partial charge in [0.1, 0.15) is 11.3 Å². The highest BCUT2D eigenvalue weighted by Crippen LogP contribution is 2.31. The van der Waals surface area contributed by atoms with Crippen molar-refractivity contribution in [3.63, 3.8) is 0 Å². The molecule has 0 aliphatic rings. The summed E-state index contributed by atoms with van der Waals surface area (Å²) in [4.78, 5) is 4.54. The molecule has 2 heterocycles. The van der Waals surface area contributed by atoms with Gasteiger partial charge in [0.05, 0.1) is 0 Å². The fourth-order valence-corrected chi connectivity index (χ4v) is 2.95. The standard InChI is InChI=1S/C14H13BrN2OS/c1-2-5-16-14-17-11(8-19-14)13-7-9-6-10(15)3-4-12(9)18-13/h3-4,6-8H,2,5H2,1H3,(H,16,17). The molecule has 0 bridgehead atoms. The first-order valence-electron chi connectivity index (χ1n) is 6.15. The van der Waals surface area contributed by atoms with E-state index in [1.807, 2.05) is 29.6 Å². The fraction of sp³-hybridized carbons (Fsp3) is 0.214. The SMILES string of the molecule is CCCNc1nc(-c2cc3cc(Br)ccc3o2)cs1. The molecule has 0 amide bonds. The number of benzene rings is 1. The zero-order chi connectivity index (χ0) is 13.2. The van der Waals surface area contributed by atoms with E-state index in [9.17, 15) is 0 Å². The third-order valence-corrected chi connectivity index (χ3v) is 4.05. The Morgan fingerprint density at radius 1 is 1.37 bits per heavy atom. The lowest BCUT2D eigenvalue weighted by Crippen LogP contribution is -1.98. The molecule has 98 valence electrons. The molecule has 3 aromatic rings. The monoisotopic (exact) mass is 336 g/mol. The third kappa shape index (κ3) is 2.67. The normalized spacial score (nSPS) is 11.1. The number of nitrogens with zero attached hydrogens (tertiary/aromatic N) is 1. The maximum absolute atomic E-state index is 5.82. The molecule has 0 radical (unpaired) electrons. The van der Waals surface area contributed by atoms with Crippen LogP contribution in [0.4, 0.5) is 5.13 Å². The van der Waals surface area contributed by atoms with Crippen molar-refractivity contribution in [1.82, 2.24) is 4.98 Å². The lowest BCUT2D eigenvalue weighted by atomic mass is 10.2. The average Bonchev–Trinajstić information content (AvgIpc) is 3.01. The second-order valence-corrected chi connectivity index (χ2v) is 6.03. The maximum atomic E-state index is 5.82. The molecule has 0 saturated heterocycles. The number of hydrogen-bond donors (Lipinski definition) is 1. The topological polar surface area (TPSA) is 38.1 Å². The first kappa shape index (κ1) is 12.7. The first-order chi connectivity index (χ1) is 9.26. The van der Waals surface area contributed by atoms with E-state index in [-0.39, 0.29) is 0 Å². The number of halogens is 1. The molecule has 1 aromatic carbocycles. The Kier molecular flexibility index (Phi) is 3.57. The van der Waals surface area contributed by atoms with Gasteiger partial charge in [-0.05, 0) is 30.7 Å². The Balaban J connectivity index is 1.92. The van der Waals surface area contributed by atoms with Gasteiger partial charge in [-0.3, -0.25) is 0 Å². The van der Waals surface area contributed by atoms with Crippen LogP contribution in [-0.4, -0.2) is 11.5 Å². The van der Waals surface area contributed by atoms with Crippen LogP contribution in [0.15, 0.2) is 38.5 Å². The largest absolute Gasteiger partial charge is 0.454 e. The molecule has 5 heteroatoms. The summed E-state index contributed by atoms with van der Waals surface area (Å²) in [7, 11) is 0. The van der Waals surface area contributed by atoms with Gasteiger partial charge in [0.15, 0.2) is 10.9 Å². The number of rotatable bonds is 4. The smallest absolute Gasteiger partial charge is 0.183 e. The minimum atomic E-state index is 0.814. The van der Waals surface area contributed by atoms with Gasteiger partial charge >= 0.3 is 0 Å². The number of anilines is 1. The Morgan fingerprint density at radius 3 is 3.11 bits per heavy atom. The minimum absolute atomic E-state index is 0.814. The van der Waals surface area contributed by atoms with Crippen LogP contribution in [0.25, 0.3) is 22.4 Å². The van der Waals surface area contributed by atoms with E-state index in [4.69, 9.17) is 4.42 Å². The molecule has 0 spiro atoms. The molecule has 0 saturated carbocycles. The highest BCUT2D eigenvalue weighted by atomic mass is 79.9. The van der Waals surface area contributed by atoms with Crippen LogP contribution in [0.3, 0.4) is 0 Å². The summed E-state index contributed by atoms with van der Waals surface area (Å²) >= 11 is 5.07. The Hall–Kier alpha value is -1.33. The summed E-state index contributed by atoms with van der Waals surface area (Å²) in [6.07, 6.45) is 1.09. The number of aromatic nitrogens is 1. The van der Waals surface area contributed by atoms with Gasteiger partial charge in [-0.25, -0.2) is 4.98 Å². The minimum Gasteiger partial charge on any atom is -0.454 e. The van der Waals surface area contributed by atoms with Gasteiger partial charge in [0, 0.05) is 21.8 Å². The summed E-state index contributed by atoms with van der Waals surface area (Å²) < 4.78 is 6.87. The molecular formula is C14H13BrN2OS. The lowest BCUT2D eigenvalue weighted by Gasteiger charge is -1.96. The molecule has 1 N–H and O–H groups in total. The maximum Gasteiger partial charge on any atom is 0.183 e. The predicted molar refractivity (Wildman–Crippen MR) is 83.8 cm³/mol. The van der Waals surface area contributed by atoms with Crippen LogP contribution in [-0.2, 0) is 0 Å². The van der Waals surface area contributed by atoms with Crippen molar-refractivity contribution in [3.8, 4) is 11.5 Å². The number of fused-ring (bicyclic) bond motifs is 1. The van der Waals surface area contributed by atoms with Crippen LogP contribution in [0.5, 0.6) is 0 Å². The quantitative estimate of drug-likeness (QED) is 0.716. The second-order valence-electron chi connectivity index (χ2n) is 4.26. The van der Waals surface area contributed by atoms with Crippen molar-refractivity contribution in [1.29, 1.82) is 0 Å². The number of hydrogen-bond acceptors (Lipinski definition) is 4. The molecule has 3 nitrogen and oxygen atoms in total. The number of nitrogens with one attached hydrogen (secondary N) is 1. The second kappa shape index (κ2) is 5.35. The summed E-state index contributed by atoms with van der Waals surface area (Å²) in [5.41, 5.74) is 1.77. The van der Waals surface area contributed by atoms with E-state index >= 15 is 0 Å². The van der Waals surface area contributed by atoms with Crippen LogP contribution in [0.2, 0.25) is 0 Å². The van der Waals surface area contributed by atoms with Crippen molar-refractivity contribution >= 4 is 43.4 Å². The Bertz CT molecular complexity index is 704. The molecule has 0 aliphatic heterocycles. The van der Waals surface area contributed by atoms with E-state index in [1.165, 1.54) is 0 Å². The van der Waals surface area contributed by atoms with Crippen LogP contribution >= 0.6 is 27.3 Å². The van der Waals surface area contributed by atoms with Gasteiger partial charge in [0.25, 0.3) is 0 Å². The van der Waals surface area contributed by atoms with Crippen LogP contribution < -0.4 is 5.32 Å². The average molecular weight is 337 g/mol. The van der Waals surface area contributed by atoms with Crippen molar-refractivity contribution in [3.05, 3.63) is 34.1 Å². The van der Waals surface area contributed by atoms with Crippen molar-refractivity contribution < 1.29 is 4.42 Å². The fourth-order valence-electron chi connectivity index (χ4n) is 1.84. The van der Waals surface area contributed by atoms with Crippen molar-refractivity contribution in [2.45, 2.75) is 13.3 Å². The Morgan fingerprint density at radius 2 is 2.26 bits per heavy atom. The molecule has 0 aliphatic carbocycles. The summed E-state index contributed by atoms with van der Waals surface area (Å²) in [5.74, 6) is 0.814. The van der Waals surface area contributed by atoms with E-state index in [1.54, 1.807) is 11.3 Å². The molecule has 0 fully saturated rings. The zero-order valence-electron chi connectivity index (χ0n) is 10.4. The summed E-state index contributed by atoms with van der Waals surface area (Å²) in [5, 5.41) is 7.33. The van der Waals surface area contributed by atoms with Gasteiger partial charge in [0.2, 0.25) is 0 Å². The zero-order valence-corrected chi connectivity index (χ0v) is 12.8. The number of furan rings is 1. The van der Waals surface area contributed by atoms with Crippen LogP contribution in [0, 0.1) is 0 Å². The van der Waals surface area contributed by atoms with E-state index < -0.39 is 0 Å². The molecule has 2 aromatic heterocycles. The summed E-state index contributed by atoms with van der Waals surface area (Å²) in [6, 6.07) is 8.01. The molecule has 19 heavy (non-hydrogen) atoms. The molecule has 0 unspecified atom stereocenters. The molecule has 0 atom stereocenters. The van der Waals surface area contributed by atoms with E-state index in [2.05, 4.69) is 33.2 Å². The first-order valence-corrected chi connectivity index (χ1v) is 7.82. The highest BCUT2D eigenvalue weighted by Gasteiger charge is 2.10. The van der Waals surface area contributed by atoms with Crippen LogP contribution in [0.1, 0.15) is 13.3 Å².